The van der Waals surface area contributed by atoms with E-state index >= 15 is 0 Å². The summed E-state index contributed by atoms with van der Waals surface area (Å²) in [5.74, 6) is -0.412. The Bertz CT molecular complexity index is 1150. The van der Waals surface area contributed by atoms with Crippen LogP contribution in [0.1, 0.15) is 32.7 Å². The highest BCUT2D eigenvalue weighted by atomic mass is 16.2. The molecule has 3 aromatic carbocycles. The van der Waals surface area contributed by atoms with E-state index in [-0.39, 0.29) is 24.1 Å². The van der Waals surface area contributed by atoms with Gasteiger partial charge >= 0.3 is 0 Å². The zero-order valence-electron chi connectivity index (χ0n) is 17.5. The van der Waals surface area contributed by atoms with Crippen molar-refractivity contribution in [1.82, 2.24) is 0 Å². The number of anilines is 3. The van der Waals surface area contributed by atoms with Crippen molar-refractivity contribution >= 4 is 34.8 Å². The first kappa shape index (κ1) is 20.3. The van der Waals surface area contributed by atoms with Gasteiger partial charge in [-0.15, -0.1) is 0 Å². The fourth-order valence-corrected chi connectivity index (χ4v) is 3.69. The first-order valence-corrected chi connectivity index (χ1v) is 10.1. The van der Waals surface area contributed by atoms with E-state index in [4.69, 9.17) is 0 Å². The van der Waals surface area contributed by atoms with Crippen LogP contribution in [0, 0.1) is 6.92 Å². The third-order valence-corrected chi connectivity index (χ3v) is 5.48. The van der Waals surface area contributed by atoms with E-state index in [0.717, 1.165) is 5.56 Å². The molecular weight excluding hydrogens is 390 g/mol. The number of fused-ring (bicyclic) bond motifs is 1. The molecule has 0 atom stereocenters. The van der Waals surface area contributed by atoms with Gasteiger partial charge in [-0.25, -0.2) is 0 Å². The minimum absolute atomic E-state index is 0.0305. The summed E-state index contributed by atoms with van der Waals surface area (Å²) in [5, 5.41) is 2.87. The van der Waals surface area contributed by atoms with Gasteiger partial charge in [0.15, 0.2) is 0 Å². The van der Waals surface area contributed by atoms with E-state index in [1.54, 1.807) is 47.2 Å². The lowest BCUT2D eigenvalue weighted by atomic mass is 10.1. The summed E-state index contributed by atoms with van der Waals surface area (Å²) >= 11 is 0. The highest BCUT2D eigenvalue weighted by Crippen LogP contribution is 2.32. The number of hydrogen-bond donors (Lipinski definition) is 1. The number of benzene rings is 3. The summed E-state index contributed by atoms with van der Waals surface area (Å²) in [4.78, 5) is 41.3. The van der Waals surface area contributed by atoms with E-state index in [1.807, 2.05) is 49.4 Å². The van der Waals surface area contributed by atoms with Gasteiger partial charge in [-0.05, 0) is 55.0 Å². The Hall–Kier alpha value is -3.93. The molecule has 0 saturated carbocycles. The number of aryl methyl sites for hydroxylation is 1. The lowest BCUT2D eigenvalue weighted by molar-refractivity contribution is -0.118. The average Bonchev–Trinajstić information content (AvgIpc) is 2.91. The molecule has 1 heterocycles. The molecule has 6 nitrogen and oxygen atoms in total. The van der Waals surface area contributed by atoms with Crippen molar-refractivity contribution in [2.24, 2.45) is 0 Å². The average molecular weight is 413 g/mol. The monoisotopic (exact) mass is 413 g/mol. The van der Waals surface area contributed by atoms with Gasteiger partial charge in [-0.3, -0.25) is 14.4 Å². The highest BCUT2D eigenvalue weighted by Gasteiger charge is 2.27. The predicted molar refractivity (Wildman–Crippen MR) is 122 cm³/mol. The molecule has 0 fully saturated rings. The lowest BCUT2D eigenvalue weighted by Gasteiger charge is -2.23. The summed E-state index contributed by atoms with van der Waals surface area (Å²) in [6.07, 6.45) is 0.251. The van der Waals surface area contributed by atoms with Crippen LogP contribution in [0.2, 0.25) is 0 Å². The fourth-order valence-electron chi connectivity index (χ4n) is 3.69. The van der Waals surface area contributed by atoms with Crippen LogP contribution in [-0.4, -0.2) is 31.3 Å². The van der Waals surface area contributed by atoms with Gasteiger partial charge in [-0.1, -0.05) is 30.3 Å². The summed E-state index contributed by atoms with van der Waals surface area (Å²) in [7, 11) is 1.72. The number of carbonyl (C=O) groups excluding carboxylic acids is 3. The second-order valence-corrected chi connectivity index (χ2v) is 7.49. The molecule has 0 aromatic heterocycles. The summed E-state index contributed by atoms with van der Waals surface area (Å²) in [5.41, 5.74) is 4.01. The maximum absolute atomic E-state index is 13.2. The van der Waals surface area contributed by atoms with Crippen molar-refractivity contribution in [2.75, 3.05) is 28.7 Å². The number of amides is 3. The van der Waals surface area contributed by atoms with Gasteiger partial charge in [0.25, 0.3) is 11.8 Å². The predicted octanol–water partition coefficient (Wildman–Crippen LogP) is 4.26. The number of carbonyl (C=O) groups is 3. The van der Waals surface area contributed by atoms with Gasteiger partial charge in [0.05, 0.1) is 11.4 Å². The number of nitrogens with zero attached hydrogens (tertiary/aromatic N) is 2. The van der Waals surface area contributed by atoms with Gasteiger partial charge in [0, 0.05) is 36.8 Å². The van der Waals surface area contributed by atoms with Crippen molar-refractivity contribution in [1.29, 1.82) is 0 Å². The number of nitrogens with one attached hydrogen (secondary N) is 1. The Balaban J connectivity index is 1.55. The van der Waals surface area contributed by atoms with Gasteiger partial charge < -0.3 is 15.1 Å². The normalized spacial score (nSPS) is 13.4. The molecule has 3 aromatic rings. The second-order valence-electron chi connectivity index (χ2n) is 7.49. The molecule has 3 amide bonds. The van der Waals surface area contributed by atoms with Crippen LogP contribution in [-0.2, 0) is 4.79 Å². The Morgan fingerprint density at radius 2 is 1.52 bits per heavy atom. The number of hydrogen-bond acceptors (Lipinski definition) is 3. The maximum Gasteiger partial charge on any atom is 0.258 e. The van der Waals surface area contributed by atoms with E-state index < -0.39 is 0 Å². The molecule has 1 aliphatic heterocycles. The molecule has 6 heteroatoms. The zero-order chi connectivity index (χ0) is 22.0. The van der Waals surface area contributed by atoms with Crippen molar-refractivity contribution in [3.8, 4) is 0 Å². The van der Waals surface area contributed by atoms with E-state index in [0.29, 0.717) is 34.7 Å². The van der Waals surface area contributed by atoms with E-state index in [2.05, 4.69) is 5.32 Å². The molecule has 0 bridgehead atoms. The Labute approximate surface area is 181 Å². The molecule has 31 heavy (non-hydrogen) atoms. The topological polar surface area (TPSA) is 69.7 Å². The van der Waals surface area contributed by atoms with Gasteiger partial charge in [0.1, 0.15) is 0 Å². The third kappa shape index (κ3) is 4.05. The molecule has 4 rings (SSSR count). The van der Waals surface area contributed by atoms with Crippen molar-refractivity contribution in [3.63, 3.8) is 0 Å². The maximum atomic E-state index is 13.2. The molecular formula is C25H23N3O3. The van der Waals surface area contributed by atoms with Crippen LogP contribution in [0.4, 0.5) is 17.1 Å². The fraction of sp³-hybridized carbons (Fsp3) is 0.160. The van der Waals surface area contributed by atoms with Gasteiger partial charge in [-0.2, -0.15) is 0 Å². The number of rotatable bonds is 3. The molecule has 0 aliphatic carbocycles. The first-order chi connectivity index (χ1) is 15.0. The molecule has 156 valence electrons. The van der Waals surface area contributed by atoms with E-state index in [9.17, 15) is 14.4 Å². The van der Waals surface area contributed by atoms with Crippen LogP contribution in [0.3, 0.4) is 0 Å². The molecule has 0 unspecified atom stereocenters. The lowest BCUT2D eigenvalue weighted by Crippen LogP contribution is -2.32. The van der Waals surface area contributed by atoms with Crippen LogP contribution in [0.15, 0.2) is 72.8 Å². The minimum Gasteiger partial charge on any atom is -0.322 e. The van der Waals surface area contributed by atoms with E-state index in [1.165, 1.54) is 0 Å². The molecule has 1 N–H and O–H groups in total. The van der Waals surface area contributed by atoms with Crippen molar-refractivity contribution in [3.05, 3.63) is 89.5 Å². The quantitative estimate of drug-likeness (QED) is 0.698. The van der Waals surface area contributed by atoms with Gasteiger partial charge in [0.2, 0.25) is 5.91 Å². The smallest absolute Gasteiger partial charge is 0.258 e. The van der Waals surface area contributed by atoms with Crippen LogP contribution in [0.25, 0.3) is 0 Å². The van der Waals surface area contributed by atoms with Crippen LogP contribution < -0.4 is 15.1 Å². The number of para-hydroxylation sites is 2. The zero-order valence-corrected chi connectivity index (χ0v) is 17.5. The minimum atomic E-state index is -0.194. The second kappa shape index (κ2) is 8.44. The molecule has 1 aliphatic rings. The summed E-state index contributed by atoms with van der Waals surface area (Å²) in [6.45, 7) is 2.20. The molecule has 0 saturated heterocycles. The Morgan fingerprint density at radius 3 is 2.23 bits per heavy atom. The summed E-state index contributed by atoms with van der Waals surface area (Å²) in [6, 6.07) is 21.6. The standard InChI is InChI=1S/C25H23N3O3/c1-17-7-3-4-8-20(17)24(30)26-19-13-11-18(12-14-19)25(31)28-16-15-23(29)27(2)21-9-5-6-10-22(21)28/h3-14H,15-16H2,1-2H3,(H,26,30). The first-order valence-electron chi connectivity index (χ1n) is 10.1. The molecule has 0 spiro atoms. The summed E-state index contributed by atoms with van der Waals surface area (Å²) < 4.78 is 0. The van der Waals surface area contributed by atoms with Crippen LogP contribution in [0.5, 0.6) is 0 Å². The van der Waals surface area contributed by atoms with Crippen molar-refractivity contribution in [2.45, 2.75) is 13.3 Å². The van der Waals surface area contributed by atoms with Crippen molar-refractivity contribution < 1.29 is 14.4 Å². The third-order valence-electron chi connectivity index (χ3n) is 5.48. The SMILES string of the molecule is Cc1ccccc1C(=O)Nc1ccc(C(=O)N2CCC(=O)N(C)c3ccccc32)cc1. The Morgan fingerprint density at radius 1 is 0.871 bits per heavy atom. The largest absolute Gasteiger partial charge is 0.322 e. The Kier molecular flexibility index (Phi) is 5.54. The molecule has 0 radical (unpaired) electrons. The highest BCUT2D eigenvalue weighted by molar-refractivity contribution is 6.11. The van der Waals surface area contributed by atoms with Crippen LogP contribution >= 0.6 is 0 Å².